The van der Waals surface area contributed by atoms with Crippen molar-refractivity contribution in [2.24, 2.45) is 0 Å². The van der Waals surface area contributed by atoms with Gasteiger partial charge in [-0.25, -0.2) is 9.97 Å². The fourth-order valence-corrected chi connectivity index (χ4v) is 2.56. The Bertz CT molecular complexity index is 962. The number of amides is 1. The van der Waals surface area contributed by atoms with E-state index in [9.17, 15) is 4.79 Å². The van der Waals surface area contributed by atoms with Gasteiger partial charge in [-0.3, -0.25) is 4.79 Å². The van der Waals surface area contributed by atoms with Gasteiger partial charge >= 0.3 is 0 Å². The Morgan fingerprint density at radius 3 is 2.28 bits per heavy atom. The van der Waals surface area contributed by atoms with Crippen LogP contribution in [0.2, 0.25) is 5.02 Å². The molecule has 0 unspecified atom stereocenters. The van der Waals surface area contributed by atoms with Crippen molar-refractivity contribution in [1.82, 2.24) is 24.8 Å². The Labute approximate surface area is 174 Å². The molecule has 0 aliphatic carbocycles. The lowest BCUT2D eigenvalue weighted by molar-refractivity contribution is -0.115. The molecular formula is C19H25ClN8O. The summed E-state index contributed by atoms with van der Waals surface area (Å²) in [5.41, 5.74) is 14.1. The lowest BCUT2D eigenvalue weighted by Crippen LogP contribution is -2.30. The number of halogens is 1. The fourth-order valence-electron chi connectivity index (χ4n) is 2.44. The van der Waals surface area contributed by atoms with Crippen LogP contribution in [0.3, 0.4) is 0 Å². The zero-order chi connectivity index (χ0) is 21.6. The molecular weight excluding hydrogens is 392 g/mol. The number of nitrogens with two attached hydrogens (primary N) is 2. The van der Waals surface area contributed by atoms with Crippen LogP contribution in [-0.2, 0) is 11.3 Å². The van der Waals surface area contributed by atoms with Crippen molar-refractivity contribution in [2.75, 3.05) is 30.5 Å². The van der Waals surface area contributed by atoms with Crippen molar-refractivity contribution < 1.29 is 4.79 Å². The highest BCUT2D eigenvalue weighted by Crippen LogP contribution is 2.23. The van der Waals surface area contributed by atoms with Gasteiger partial charge < -0.3 is 21.3 Å². The molecule has 2 aromatic heterocycles. The third kappa shape index (κ3) is 6.15. The van der Waals surface area contributed by atoms with Crippen LogP contribution in [0.5, 0.6) is 0 Å². The number of nitrogens with zero attached hydrogens (tertiary/aromatic N) is 6. The molecule has 0 bridgehead atoms. The number of carbonyl (C=O) groups excluding carboxylic acids is 1. The minimum Gasteiger partial charge on any atom is -0.382 e. The molecule has 0 aliphatic heterocycles. The van der Waals surface area contributed by atoms with Gasteiger partial charge in [0.1, 0.15) is 0 Å². The van der Waals surface area contributed by atoms with E-state index in [1.54, 1.807) is 20.3 Å². The van der Waals surface area contributed by atoms with E-state index in [1.165, 1.54) is 4.90 Å². The predicted octanol–water partition coefficient (Wildman–Crippen LogP) is 2.36. The average molecular weight is 417 g/mol. The molecule has 0 radical (unpaired) electrons. The fraction of sp³-hybridized carbons (Fsp3) is 0.316. The van der Waals surface area contributed by atoms with Crippen LogP contribution >= 0.6 is 11.6 Å². The second-order valence-corrected chi connectivity index (χ2v) is 7.20. The molecule has 0 fully saturated rings. The van der Waals surface area contributed by atoms with E-state index in [-0.39, 0.29) is 17.8 Å². The zero-order valence-corrected chi connectivity index (χ0v) is 17.6. The minimum atomic E-state index is 0.0898. The van der Waals surface area contributed by atoms with Crippen LogP contribution in [0.4, 0.5) is 17.5 Å². The number of hydrogen-bond donors (Lipinski definition) is 2. The lowest BCUT2D eigenvalue weighted by atomic mass is 10.2. The van der Waals surface area contributed by atoms with E-state index >= 15 is 0 Å². The van der Waals surface area contributed by atoms with Crippen LogP contribution < -0.4 is 16.4 Å². The molecule has 1 aromatic carbocycles. The number of carbonyl (C=O) groups is 1. The molecule has 29 heavy (non-hydrogen) atoms. The summed E-state index contributed by atoms with van der Waals surface area (Å²) in [7, 11) is 3.38. The molecule has 10 heteroatoms. The topological polar surface area (TPSA) is 127 Å². The Hall–Kier alpha value is -3.20. The maximum atomic E-state index is 9.43. The molecule has 3 aromatic rings. The van der Waals surface area contributed by atoms with Crippen molar-refractivity contribution in [1.29, 1.82) is 0 Å². The first kappa shape index (κ1) is 22.1. The monoisotopic (exact) mass is 416 g/mol. The summed E-state index contributed by atoms with van der Waals surface area (Å²) in [4.78, 5) is 29.9. The first-order valence-corrected chi connectivity index (χ1v) is 9.27. The first-order valence-electron chi connectivity index (χ1n) is 8.89. The predicted molar refractivity (Wildman–Crippen MR) is 116 cm³/mol. The molecule has 0 saturated carbocycles. The van der Waals surface area contributed by atoms with Crippen LogP contribution in [-0.4, -0.2) is 51.4 Å². The summed E-state index contributed by atoms with van der Waals surface area (Å²) in [6.07, 6.45) is 2.43. The van der Waals surface area contributed by atoms with Crippen molar-refractivity contribution in [3.8, 4) is 0 Å². The van der Waals surface area contributed by atoms with E-state index in [1.807, 2.05) is 24.3 Å². The van der Waals surface area contributed by atoms with E-state index < -0.39 is 0 Å². The number of aromatic nitrogens is 4. The third-order valence-electron chi connectivity index (χ3n) is 3.83. The average Bonchev–Trinajstić information content (AvgIpc) is 2.67. The van der Waals surface area contributed by atoms with Crippen LogP contribution in [0.25, 0.3) is 11.2 Å². The quantitative estimate of drug-likeness (QED) is 0.606. The Morgan fingerprint density at radius 2 is 1.72 bits per heavy atom. The number of anilines is 3. The van der Waals surface area contributed by atoms with Crippen LogP contribution in [0.15, 0.2) is 30.5 Å². The third-order valence-corrected chi connectivity index (χ3v) is 4.08. The molecule has 3 rings (SSSR count). The molecule has 4 N–H and O–H groups in total. The molecule has 0 atom stereocenters. The van der Waals surface area contributed by atoms with Crippen molar-refractivity contribution in [3.63, 3.8) is 0 Å². The van der Waals surface area contributed by atoms with Gasteiger partial charge in [-0.1, -0.05) is 11.6 Å². The Morgan fingerprint density at radius 1 is 1.10 bits per heavy atom. The Balaban J connectivity index is 0.000000537. The summed E-state index contributed by atoms with van der Waals surface area (Å²) in [6.45, 7) is 4.80. The second kappa shape index (κ2) is 9.83. The highest BCUT2D eigenvalue weighted by Gasteiger charge is 2.14. The molecule has 0 spiro atoms. The standard InChI is InChI=1S/C16H18ClN7.C3H7NO/c1-9(2)24(12-5-3-10(17)4-6-12)8-11-7-20-15-13(21-11)14(18)22-16(19)23-15;1-4(2)3-5/h3-7,9H,8H2,1-2H3,(H4,18,19,20,22,23);3H,1-2H3. The molecule has 0 aliphatic rings. The Kier molecular flexibility index (Phi) is 7.49. The first-order chi connectivity index (χ1) is 13.7. The summed E-state index contributed by atoms with van der Waals surface area (Å²) < 4.78 is 0. The second-order valence-electron chi connectivity index (χ2n) is 6.77. The summed E-state index contributed by atoms with van der Waals surface area (Å²) in [5, 5.41) is 0.704. The number of fused-ring (bicyclic) bond motifs is 1. The maximum Gasteiger partial charge on any atom is 0.224 e. The lowest BCUT2D eigenvalue weighted by Gasteiger charge is -2.28. The summed E-state index contributed by atoms with van der Waals surface area (Å²) in [5.74, 6) is 0.321. The SMILES string of the molecule is CC(C)N(Cc1cnc2nc(N)nc(N)c2n1)c1ccc(Cl)cc1.CN(C)C=O. The van der Waals surface area contributed by atoms with E-state index in [4.69, 9.17) is 23.1 Å². The number of benzene rings is 1. The van der Waals surface area contributed by atoms with Crippen molar-refractivity contribution in [2.45, 2.75) is 26.4 Å². The molecule has 1 amide bonds. The number of nitrogen functional groups attached to an aromatic ring is 2. The highest BCUT2D eigenvalue weighted by molar-refractivity contribution is 6.30. The number of rotatable bonds is 5. The minimum absolute atomic E-state index is 0.0898. The zero-order valence-electron chi connectivity index (χ0n) is 16.9. The van der Waals surface area contributed by atoms with Gasteiger partial charge in [-0.15, -0.1) is 0 Å². The van der Waals surface area contributed by atoms with Crippen LogP contribution in [0, 0.1) is 0 Å². The molecule has 0 saturated heterocycles. The van der Waals surface area contributed by atoms with Gasteiger partial charge in [0.15, 0.2) is 17.0 Å². The number of hydrogen-bond acceptors (Lipinski definition) is 8. The van der Waals surface area contributed by atoms with Gasteiger partial charge in [-0.2, -0.15) is 9.97 Å². The summed E-state index contributed by atoms with van der Waals surface area (Å²) in [6, 6.07) is 7.97. The van der Waals surface area contributed by atoms with E-state index in [2.05, 4.69) is 38.7 Å². The van der Waals surface area contributed by atoms with E-state index in [0.29, 0.717) is 22.7 Å². The van der Waals surface area contributed by atoms with Gasteiger partial charge in [0.2, 0.25) is 12.4 Å². The van der Waals surface area contributed by atoms with Gasteiger partial charge in [0, 0.05) is 30.8 Å². The molecule has 2 heterocycles. The van der Waals surface area contributed by atoms with Gasteiger partial charge in [-0.05, 0) is 38.1 Å². The van der Waals surface area contributed by atoms with Gasteiger partial charge in [0.25, 0.3) is 0 Å². The highest BCUT2D eigenvalue weighted by atomic mass is 35.5. The molecule has 9 nitrogen and oxygen atoms in total. The summed E-state index contributed by atoms with van der Waals surface area (Å²) >= 11 is 5.97. The van der Waals surface area contributed by atoms with Crippen LogP contribution in [0.1, 0.15) is 19.5 Å². The largest absolute Gasteiger partial charge is 0.382 e. The van der Waals surface area contributed by atoms with Crippen molar-refractivity contribution >= 4 is 46.6 Å². The smallest absolute Gasteiger partial charge is 0.224 e. The maximum absolute atomic E-state index is 9.43. The van der Waals surface area contributed by atoms with Gasteiger partial charge in [0.05, 0.1) is 18.4 Å². The normalized spacial score (nSPS) is 10.4. The van der Waals surface area contributed by atoms with Crippen molar-refractivity contribution in [3.05, 3.63) is 41.2 Å². The molecule has 154 valence electrons. The van der Waals surface area contributed by atoms with E-state index in [0.717, 1.165) is 17.8 Å².